The van der Waals surface area contributed by atoms with Gasteiger partial charge in [-0.15, -0.1) is 12.4 Å². The predicted molar refractivity (Wildman–Crippen MR) is 106 cm³/mol. The monoisotopic (exact) mass is 400 g/mol. The highest BCUT2D eigenvalue weighted by molar-refractivity contribution is 6.09. The molecule has 3 aliphatic rings. The average Bonchev–Trinajstić information content (AvgIpc) is 2.80. The molecule has 4 amide bonds. The number of hydrogen-bond donors (Lipinski definition) is 2. The van der Waals surface area contributed by atoms with E-state index in [-0.39, 0.29) is 36.2 Å². The lowest BCUT2D eigenvalue weighted by Crippen LogP contribution is -2.51. The molecule has 0 unspecified atom stereocenters. The van der Waals surface area contributed by atoms with E-state index in [0.717, 1.165) is 37.3 Å². The van der Waals surface area contributed by atoms with Crippen LogP contribution in [0.25, 0.3) is 0 Å². The third-order valence-electron chi connectivity index (χ3n) is 6.30. The van der Waals surface area contributed by atoms with Gasteiger partial charge in [0.15, 0.2) is 0 Å². The summed E-state index contributed by atoms with van der Waals surface area (Å²) < 4.78 is 0. The Bertz CT molecular complexity index is 574. The molecule has 0 aromatic carbocycles. The van der Waals surface area contributed by atoms with Crippen molar-refractivity contribution in [2.75, 3.05) is 32.7 Å². The molecule has 3 fully saturated rings. The first-order chi connectivity index (χ1) is 12.2. The van der Waals surface area contributed by atoms with Crippen LogP contribution in [0.5, 0.6) is 0 Å². The summed E-state index contributed by atoms with van der Waals surface area (Å²) in [5, 5.41) is 6.17. The Hall–Kier alpha value is -1.34. The number of imide groups is 1. The number of amides is 4. The first-order valence-electron chi connectivity index (χ1n) is 9.85. The molecule has 2 N–H and O–H groups in total. The summed E-state index contributed by atoms with van der Waals surface area (Å²) in [6.45, 7) is 9.49. The molecule has 0 atom stereocenters. The zero-order valence-corrected chi connectivity index (χ0v) is 17.5. The van der Waals surface area contributed by atoms with Crippen molar-refractivity contribution >= 4 is 30.3 Å². The molecule has 0 aromatic rings. The molecule has 1 saturated carbocycles. The highest BCUT2D eigenvalue weighted by Gasteiger charge is 2.53. The molecule has 0 bridgehead atoms. The molecule has 0 radical (unpaired) electrons. The molecule has 8 heteroatoms. The van der Waals surface area contributed by atoms with E-state index in [1.807, 2.05) is 0 Å². The number of nitrogens with zero attached hydrogens (tertiary/aromatic N) is 2. The standard InChI is InChI=1S/C19H32N4O3.ClH/c1-18(2,3)14-5-7-19(8-6-14)16(25)23(17(26)21-19)13-15(24)22-11-4-9-20-10-12-22;/h14,20H,4-13H2,1-3H3,(H,21,26);1H. The fourth-order valence-electron chi connectivity index (χ4n) is 4.47. The SMILES string of the molecule is CC(C)(C)C1CCC2(CC1)NC(=O)N(CC(=O)N1CCCNCC1)C2=O.Cl. The third kappa shape index (κ3) is 4.57. The van der Waals surface area contributed by atoms with E-state index < -0.39 is 11.6 Å². The molecule has 2 heterocycles. The first kappa shape index (κ1) is 22.0. The molecule has 154 valence electrons. The van der Waals surface area contributed by atoms with E-state index in [4.69, 9.17) is 0 Å². The van der Waals surface area contributed by atoms with Crippen LogP contribution in [0, 0.1) is 11.3 Å². The molecular weight excluding hydrogens is 368 g/mol. The third-order valence-corrected chi connectivity index (χ3v) is 6.30. The normalized spacial score (nSPS) is 29.4. The van der Waals surface area contributed by atoms with Crippen LogP contribution in [0.4, 0.5) is 4.79 Å². The molecule has 7 nitrogen and oxygen atoms in total. The van der Waals surface area contributed by atoms with Crippen LogP contribution < -0.4 is 10.6 Å². The quantitative estimate of drug-likeness (QED) is 0.692. The number of hydrogen-bond acceptors (Lipinski definition) is 4. The average molecular weight is 401 g/mol. The second-order valence-corrected chi connectivity index (χ2v) is 9.03. The first-order valence-corrected chi connectivity index (χ1v) is 9.85. The summed E-state index contributed by atoms with van der Waals surface area (Å²) in [6.07, 6.45) is 4.07. The smallest absolute Gasteiger partial charge is 0.325 e. The van der Waals surface area contributed by atoms with Gasteiger partial charge >= 0.3 is 6.03 Å². The van der Waals surface area contributed by atoms with Crippen LogP contribution in [0.3, 0.4) is 0 Å². The summed E-state index contributed by atoms with van der Waals surface area (Å²) in [6, 6.07) is -0.412. The molecule has 2 saturated heterocycles. The van der Waals surface area contributed by atoms with Crippen molar-refractivity contribution in [1.82, 2.24) is 20.4 Å². The van der Waals surface area contributed by atoms with Crippen LogP contribution in [-0.4, -0.2) is 65.9 Å². The van der Waals surface area contributed by atoms with Gasteiger partial charge in [0, 0.05) is 19.6 Å². The highest BCUT2D eigenvalue weighted by atomic mass is 35.5. The van der Waals surface area contributed by atoms with E-state index in [0.29, 0.717) is 31.8 Å². The zero-order chi connectivity index (χ0) is 18.9. The summed E-state index contributed by atoms with van der Waals surface area (Å²) in [5.41, 5.74) is -0.580. The highest BCUT2D eigenvalue weighted by Crippen LogP contribution is 2.43. The van der Waals surface area contributed by atoms with Crippen molar-refractivity contribution in [2.24, 2.45) is 11.3 Å². The summed E-state index contributed by atoms with van der Waals surface area (Å²) >= 11 is 0. The minimum atomic E-state index is -0.792. The number of carbonyl (C=O) groups is 3. The Morgan fingerprint density at radius 2 is 1.81 bits per heavy atom. The Morgan fingerprint density at radius 3 is 2.44 bits per heavy atom. The zero-order valence-electron chi connectivity index (χ0n) is 16.7. The fraction of sp³-hybridized carbons (Fsp3) is 0.842. The Morgan fingerprint density at radius 1 is 1.15 bits per heavy atom. The predicted octanol–water partition coefficient (Wildman–Crippen LogP) is 1.76. The van der Waals surface area contributed by atoms with Crippen molar-refractivity contribution < 1.29 is 14.4 Å². The van der Waals surface area contributed by atoms with Gasteiger partial charge in [-0.1, -0.05) is 20.8 Å². The van der Waals surface area contributed by atoms with Crippen LogP contribution in [-0.2, 0) is 9.59 Å². The fourth-order valence-corrected chi connectivity index (χ4v) is 4.47. The number of halogens is 1. The van der Waals surface area contributed by atoms with Gasteiger partial charge in [-0.3, -0.25) is 14.5 Å². The summed E-state index contributed by atoms with van der Waals surface area (Å²) in [7, 11) is 0. The number of urea groups is 1. The lowest BCUT2D eigenvalue weighted by atomic mass is 9.67. The van der Waals surface area contributed by atoms with Crippen molar-refractivity contribution in [2.45, 2.75) is 58.4 Å². The number of carbonyl (C=O) groups excluding carboxylic acids is 3. The molecular formula is C19H33ClN4O3. The summed E-state index contributed by atoms with van der Waals surface area (Å²) in [4.78, 5) is 40.9. The Kier molecular flexibility index (Phi) is 6.79. The second-order valence-electron chi connectivity index (χ2n) is 9.03. The van der Waals surface area contributed by atoms with Gasteiger partial charge in [0.25, 0.3) is 5.91 Å². The van der Waals surface area contributed by atoms with Crippen molar-refractivity contribution in [1.29, 1.82) is 0 Å². The maximum atomic E-state index is 13.0. The van der Waals surface area contributed by atoms with Crippen LogP contribution in [0.1, 0.15) is 52.9 Å². The van der Waals surface area contributed by atoms with Gasteiger partial charge < -0.3 is 15.5 Å². The van der Waals surface area contributed by atoms with Gasteiger partial charge in [0.1, 0.15) is 12.1 Å². The van der Waals surface area contributed by atoms with E-state index >= 15 is 0 Å². The second kappa shape index (κ2) is 8.35. The van der Waals surface area contributed by atoms with Crippen molar-refractivity contribution in [3.63, 3.8) is 0 Å². The summed E-state index contributed by atoms with van der Waals surface area (Å²) in [5.74, 6) is 0.201. The van der Waals surface area contributed by atoms with E-state index in [2.05, 4.69) is 31.4 Å². The molecule has 0 aromatic heterocycles. The van der Waals surface area contributed by atoms with Gasteiger partial charge in [0.2, 0.25) is 5.91 Å². The molecule has 2 aliphatic heterocycles. The maximum Gasteiger partial charge on any atom is 0.325 e. The largest absolute Gasteiger partial charge is 0.340 e. The van der Waals surface area contributed by atoms with Gasteiger partial charge in [-0.25, -0.2) is 4.79 Å². The molecule has 3 rings (SSSR count). The lowest BCUT2D eigenvalue weighted by Gasteiger charge is -2.40. The Balaban J connectivity index is 0.00000261. The van der Waals surface area contributed by atoms with Gasteiger partial charge in [-0.05, 0) is 50.0 Å². The van der Waals surface area contributed by atoms with Crippen LogP contribution in [0.2, 0.25) is 0 Å². The van der Waals surface area contributed by atoms with E-state index in [9.17, 15) is 14.4 Å². The molecule has 27 heavy (non-hydrogen) atoms. The number of rotatable bonds is 2. The maximum absolute atomic E-state index is 13.0. The van der Waals surface area contributed by atoms with Crippen LogP contribution in [0.15, 0.2) is 0 Å². The van der Waals surface area contributed by atoms with E-state index in [1.165, 1.54) is 0 Å². The van der Waals surface area contributed by atoms with Crippen LogP contribution >= 0.6 is 12.4 Å². The Labute approximate surface area is 168 Å². The van der Waals surface area contributed by atoms with Gasteiger partial charge in [-0.2, -0.15) is 0 Å². The minimum Gasteiger partial charge on any atom is -0.340 e. The molecule has 1 aliphatic carbocycles. The topological polar surface area (TPSA) is 81.8 Å². The number of nitrogens with one attached hydrogen (secondary N) is 2. The minimum absolute atomic E-state index is 0. The lowest BCUT2D eigenvalue weighted by molar-refractivity contribution is -0.139. The van der Waals surface area contributed by atoms with Gasteiger partial charge in [0.05, 0.1) is 0 Å². The van der Waals surface area contributed by atoms with E-state index in [1.54, 1.807) is 4.90 Å². The van der Waals surface area contributed by atoms with Crippen molar-refractivity contribution in [3.05, 3.63) is 0 Å². The van der Waals surface area contributed by atoms with Crippen molar-refractivity contribution in [3.8, 4) is 0 Å². The molecule has 1 spiro atoms.